The Morgan fingerprint density at radius 1 is 1.17 bits per heavy atom. The molecular formula is C17H29Cl2FN2O. The Labute approximate surface area is 151 Å². The van der Waals surface area contributed by atoms with Crippen molar-refractivity contribution in [3.63, 3.8) is 0 Å². The third kappa shape index (κ3) is 6.46. The van der Waals surface area contributed by atoms with Crippen LogP contribution in [0.2, 0.25) is 0 Å². The van der Waals surface area contributed by atoms with Crippen LogP contribution in [-0.2, 0) is 0 Å². The maximum Gasteiger partial charge on any atom is 0.128 e. The lowest BCUT2D eigenvalue weighted by atomic mass is 9.95. The van der Waals surface area contributed by atoms with Crippen molar-refractivity contribution in [2.75, 3.05) is 33.3 Å². The van der Waals surface area contributed by atoms with Crippen LogP contribution >= 0.6 is 24.8 Å². The lowest BCUT2D eigenvalue weighted by Crippen LogP contribution is -2.45. The number of hydrogen-bond acceptors (Lipinski definition) is 3. The summed E-state index contributed by atoms with van der Waals surface area (Å²) in [6.07, 6.45) is 2.09. The summed E-state index contributed by atoms with van der Waals surface area (Å²) in [6.45, 7) is 8.33. The summed E-state index contributed by atoms with van der Waals surface area (Å²) >= 11 is 0. The SMILES string of the molecule is COc1ccc(F)c([C@H](CCC(C)C)N2CCNCC2)c1.Cl.Cl. The van der Waals surface area contributed by atoms with Gasteiger partial charge >= 0.3 is 0 Å². The van der Waals surface area contributed by atoms with E-state index in [-0.39, 0.29) is 36.7 Å². The first-order valence-electron chi connectivity index (χ1n) is 7.90. The Balaban J connectivity index is 0.00000242. The van der Waals surface area contributed by atoms with E-state index in [0.717, 1.165) is 50.3 Å². The summed E-state index contributed by atoms with van der Waals surface area (Å²) in [7, 11) is 1.63. The van der Waals surface area contributed by atoms with Crippen LogP contribution in [0, 0.1) is 11.7 Å². The smallest absolute Gasteiger partial charge is 0.128 e. The van der Waals surface area contributed by atoms with Gasteiger partial charge in [0.05, 0.1) is 7.11 Å². The van der Waals surface area contributed by atoms with E-state index in [2.05, 4.69) is 24.1 Å². The molecule has 0 radical (unpaired) electrons. The van der Waals surface area contributed by atoms with E-state index in [1.54, 1.807) is 13.2 Å². The highest BCUT2D eigenvalue weighted by Crippen LogP contribution is 2.31. The molecular weight excluding hydrogens is 338 g/mol. The van der Waals surface area contributed by atoms with Crippen molar-refractivity contribution in [1.29, 1.82) is 0 Å². The number of benzene rings is 1. The molecule has 0 saturated carbocycles. The lowest BCUT2D eigenvalue weighted by Gasteiger charge is -2.36. The minimum atomic E-state index is -0.122. The maximum atomic E-state index is 14.3. The predicted molar refractivity (Wildman–Crippen MR) is 98.7 cm³/mol. The molecule has 0 amide bonds. The van der Waals surface area contributed by atoms with Gasteiger partial charge in [0, 0.05) is 37.8 Å². The molecule has 1 aromatic rings. The zero-order chi connectivity index (χ0) is 15.2. The summed E-state index contributed by atoms with van der Waals surface area (Å²) in [4.78, 5) is 2.40. The molecule has 1 fully saturated rings. The van der Waals surface area contributed by atoms with Gasteiger partial charge in [-0.15, -0.1) is 24.8 Å². The van der Waals surface area contributed by atoms with Crippen LogP contribution < -0.4 is 10.1 Å². The van der Waals surface area contributed by atoms with Crippen molar-refractivity contribution in [3.05, 3.63) is 29.6 Å². The van der Waals surface area contributed by atoms with E-state index in [1.807, 2.05) is 6.07 Å². The van der Waals surface area contributed by atoms with Crippen molar-refractivity contribution in [3.8, 4) is 5.75 Å². The third-order valence-electron chi connectivity index (χ3n) is 4.17. The zero-order valence-electron chi connectivity index (χ0n) is 14.2. The molecule has 0 aliphatic carbocycles. The van der Waals surface area contributed by atoms with Crippen LogP contribution in [-0.4, -0.2) is 38.2 Å². The number of halogens is 3. The lowest BCUT2D eigenvalue weighted by molar-refractivity contribution is 0.156. The monoisotopic (exact) mass is 366 g/mol. The summed E-state index contributed by atoms with van der Waals surface area (Å²) in [5.41, 5.74) is 0.775. The molecule has 0 spiro atoms. The van der Waals surface area contributed by atoms with Gasteiger partial charge < -0.3 is 10.1 Å². The zero-order valence-corrected chi connectivity index (χ0v) is 15.8. The highest BCUT2D eigenvalue weighted by atomic mass is 35.5. The van der Waals surface area contributed by atoms with Crippen molar-refractivity contribution >= 4 is 24.8 Å². The molecule has 2 rings (SSSR count). The molecule has 1 saturated heterocycles. The van der Waals surface area contributed by atoms with Crippen LogP contribution in [0.5, 0.6) is 5.75 Å². The molecule has 134 valence electrons. The molecule has 0 bridgehead atoms. The fourth-order valence-electron chi connectivity index (χ4n) is 2.92. The quantitative estimate of drug-likeness (QED) is 0.821. The van der Waals surface area contributed by atoms with Gasteiger partial charge in [0.1, 0.15) is 11.6 Å². The van der Waals surface area contributed by atoms with E-state index in [4.69, 9.17) is 4.74 Å². The second kappa shape index (κ2) is 11.1. The molecule has 1 aromatic carbocycles. The van der Waals surface area contributed by atoms with Crippen LogP contribution in [0.3, 0.4) is 0 Å². The third-order valence-corrected chi connectivity index (χ3v) is 4.17. The fraction of sp³-hybridized carbons (Fsp3) is 0.647. The van der Waals surface area contributed by atoms with Gasteiger partial charge in [-0.2, -0.15) is 0 Å². The van der Waals surface area contributed by atoms with Gasteiger partial charge in [-0.25, -0.2) is 4.39 Å². The number of methoxy groups -OCH3 is 1. The van der Waals surface area contributed by atoms with E-state index < -0.39 is 0 Å². The number of hydrogen-bond donors (Lipinski definition) is 1. The molecule has 1 aliphatic heterocycles. The van der Waals surface area contributed by atoms with Crippen molar-refractivity contribution in [1.82, 2.24) is 10.2 Å². The van der Waals surface area contributed by atoms with Gasteiger partial charge in [-0.3, -0.25) is 4.90 Å². The summed E-state index contributed by atoms with van der Waals surface area (Å²) in [6, 6.07) is 5.22. The van der Waals surface area contributed by atoms with Gasteiger partial charge in [0.25, 0.3) is 0 Å². The molecule has 3 nitrogen and oxygen atoms in total. The second-order valence-electron chi connectivity index (χ2n) is 6.16. The highest BCUT2D eigenvalue weighted by molar-refractivity contribution is 5.85. The Kier molecular flexibility index (Phi) is 10.8. The first-order chi connectivity index (χ1) is 10.1. The topological polar surface area (TPSA) is 24.5 Å². The van der Waals surface area contributed by atoms with Gasteiger partial charge in [0.2, 0.25) is 0 Å². The van der Waals surface area contributed by atoms with E-state index in [9.17, 15) is 4.39 Å². The second-order valence-corrected chi connectivity index (χ2v) is 6.16. The largest absolute Gasteiger partial charge is 0.497 e. The summed E-state index contributed by atoms with van der Waals surface area (Å²) in [5.74, 6) is 1.24. The first kappa shape index (κ1) is 22.4. The average Bonchev–Trinajstić information content (AvgIpc) is 2.50. The number of rotatable bonds is 6. The van der Waals surface area contributed by atoms with Crippen molar-refractivity contribution < 1.29 is 9.13 Å². The van der Waals surface area contributed by atoms with Gasteiger partial charge in [0.15, 0.2) is 0 Å². The Bertz CT molecular complexity index is 454. The number of nitrogens with zero attached hydrogens (tertiary/aromatic N) is 1. The fourth-order valence-corrected chi connectivity index (χ4v) is 2.92. The predicted octanol–water partition coefficient (Wildman–Crippen LogP) is 4.06. The Morgan fingerprint density at radius 2 is 1.83 bits per heavy atom. The molecule has 1 atom stereocenters. The standard InChI is InChI=1S/C17H27FN2O.2ClH/c1-13(2)4-7-17(20-10-8-19-9-11-20)15-12-14(21-3)5-6-16(15)18;;/h5-6,12-13,17,19H,4,7-11H2,1-3H3;2*1H/t17-;;/m0../s1. The number of nitrogens with one attached hydrogen (secondary N) is 1. The minimum Gasteiger partial charge on any atom is -0.497 e. The Hall–Kier alpha value is -0.550. The molecule has 1 aliphatic rings. The van der Waals surface area contributed by atoms with Gasteiger partial charge in [-0.1, -0.05) is 13.8 Å². The molecule has 23 heavy (non-hydrogen) atoms. The number of piperazine rings is 1. The van der Waals surface area contributed by atoms with Crippen LogP contribution in [0.1, 0.15) is 38.3 Å². The molecule has 0 unspecified atom stereocenters. The van der Waals surface area contributed by atoms with Crippen molar-refractivity contribution in [2.24, 2.45) is 5.92 Å². The minimum absolute atomic E-state index is 0. The Morgan fingerprint density at radius 3 is 2.39 bits per heavy atom. The van der Waals surface area contributed by atoms with Gasteiger partial charge in [-0.05, 0) is 37.0 Å². The summed E-state index contributed by atoms with van der Waals surface area (Å²) < 4.78 is 19.6. The molecule has 1 N–H and O–H groups in total. The van der Waals surface area contributed by atoms with Crippen LogP contribution in [0.15, 0.2) is 18.2 Å². The molecule has 1 heterocycles. The van der Waals surface area contributed by atoms with Crippen LogP contribution in [0.4, 0.5) is 4.39 Å². The molecule has 0 aromatic heterocycles. The van der Waals surface area contributed by atoms with Crippen LogP contribution in [0.25, 0.3) is 0 Å². The van der Waals surface area contributed by atoms with E-state index >= 15 is 0 Å². The highest BCUT2D eigenvalue weighted by Gasteiger charge is 2.25. The van der Waals surface area contributed by atoms with E-state index in [0.29, 0.717) is 5.92 Å². The normalized spacial score (nSPS) is 16.4. The molecule has 6 heteroatoms. The van der Waals surface area contributed by atoms with E-state index in [1.165, 1.54) is 6.07 Å². The number of ether oxygens (including phenoxy) is 1. The average molecular weight is 367 g/mol. The van der Waals surface area contributed by atoms with Crippen molar-refractivity contribution in [2.45, 2.75) is 32.7 Å². The first-order valence-corrected chi connectivity index (χ1v) is 7.90. The summed E-state index contributed by atoms with van der Waals surface area (Å²) in [5, 5.41) is 3.36. The maximum absolute atomic E-state index is 14.3.